The summed E-state index contributed by atoms with van der Waals surface area (Å²) < 4.78 is 28.2. The Kier molecular flexibility index (Phi) is 3.54. The number of nitrogens with one attached hydrogen (secondary N) is 1. The summed E-state index contributed by atoms with van der Waals surface area (Å²) in [5, 5.41) is 3.90. The fourth-order valence-electron chi connectivity index (χ4n) is 1.33. The number of aryl methyl sites for hydroxylation is 1. The Morgan fingerprint density at radius 3 is 2.29 bits per heavy atom. The molecule has 0 fully saturated rings. The van der Waals surface area contributed by atoms with Gasteiger partial charge in [0.1, 0.15) is 4.90 Å². The highest BCUT2D eigenvalue weighted by Gasteiger charge is 2.25. The Morgan fingerprint density at radius 1 is 1.41 bits per heavy atom. The van der Waals surface area contributed by atoms with E-state index in [4.69, 9.17) is 5.73 Å². The standard InChI is InChI=1S/C10H20N4O2S/c1-7-8(9(11)13-14(7)5)17(15,16)12-6-10(2,3)4/h12H,6H2,1-5H3,(H2,11,13). The molecule has 17 heavy (non-hydrogen) atoms. The molecule has 0 unspecified atom stereocenters. The average molecular weight is 260 g/mol. The minimum absolute atomic E-state index is 0.0337. The molecule has 0 atom stereocenters. The number of sulfonamides is 1. The summed E-state index contributed by atoms with van der Waals surface area (Å²) in [6.45, 7) is 7.89. The van der Waals surface area contributed by atoms with Gasteiger partial charge in [0.2, 0.25) is 10.0 Å². The molecule has 0 aliphatic carbocycles. The second-order valence-electron chi connectivity index (χ2n) is 5.31. The lowest BCUT2D eigenvalue weighted by Crippen LogP contribution is -2.32. The first-order chi connectivity index (χ1) is 7.54. The van der Waals surface area contributed by atoms with E-state index < -0.39 is 10.0 Å². The molecule has 0 bridgehead atoms. The lowest BCUT2D eigenvalue weighted by molar-refractivity contribution is 0.407. The fourth-order valence-corrected chi connectivity index (χ4v) is 2.93. The van der Waals surface area contributed by atoms with Crippen molar-refractivity contribution in [3.63, 3.8) is 0 Å². The Morgan fingerprint density at radius 2 is 1.94 bits per heavy atom. The van der Waals surface area contributed by atoms with Gasteiger partial charge in [-0.2, -0.15) is 5.10 Å². The number of nitrogen functional groups attached to an aromatic ring is 1. The molecule has 0 saturated heterocycles. The van der Waals surface area contributed by atoms with Crippen molar-refractivity contribution in [3.8, 4) is 0 Å². The number of hydrogen-bond acceptors (Lipinski definition) is 4. The zero-order valence-corrected chi connectivity index (χ0v) is 11.7. The van der Waals surface area contributed by atoms with Gasteiger partial charge in [-0.3, -0.25) is 4.68 Å². The summed E-state index contributed by atoms with van der Waals surface area (Å²) >= 11 is 0. The molecular weight excluding hydrogens is 240 g/mol. The summed E-state index contributed by atoms with van der Waals surface area (Å²) in [5.41, 5.74) is 6.02. The number of anilines is 1. The summed E-state index contributed by atoms with van der Waals surface area (Å²) in [4.78, 5) is 0.0734. The number of rotatable bonds is 3. The van der Waals surface area contributed by atoms with E-state index in [1.54, 1.807) is 14.0 Å². The van der Waals surface area contributed by atoms with Gasteiger partial charge >= 0.3 is 0 Å². The molecule has 0 aliphatic rings. The molecular formula is C10H20N4O2S. The molecule has 0 saturated carbocycles. The van der Waals surface area contributed by atoms with Crippen LogP contribution in [-0.4, -0.2) is 24.7 Å². The normalized spacial score (nSPS) is 13.0. The molecule has 3 N–H and O–H groups in total. The second-order valence-corrected chi connectivity index (χ2v) is 7.01. The first-order valence-electron chi connectivity index (χ1n) is 5.33. The van der Waals surface area contributed by atoms with Gasteiger partial charge in [-0.15, -0.1) is 0 Å². The molecule has 98 valence electrons. The molecule has 1 aromatic heterocycles. The highest BCUT2D eigenvalue weighted by molar-refractivity contribution is 7.89. The van der Waals surface area contributed by atoms with Crippen LogP contribution in [0.3, 0.4) is 0 Å². The topological polar surface area (TPSA) is 90.0 Å². The minimum Gasteiger partial charge on any atom is -0.381 e. The lowest BCUT2D eigenvalue weighted by Gasteiger charge is -2.18. The van der Waals surface area contributed by atoms with Gasteiger partial charge in [0.25, 0.3) is 0 Å². The first kappa shape index (κ1) is 14.0. The van der Waals surface area contributed by atoms with Crippen LogP contribution in [0, 0.1) is 12.3 Å². The van der Waals surface area contributed by atoms with Gasteiger partial charge in [0.05, 0.1) is 5.69 Å². The van der Waals surface area contributed by atoms with Crippen molar-refractivity contribution in [2.75, 3.05) is 12.3 Å². The first-order valence-corrected chi connectivity index (χ1v) is 6.81. The second kappa shape index (κ2) is 4.30. The van der Waals surface area contributed by atoms with Crippen molar-refractivity contribution < 1.29 is 8.42 Å². The van der Waals surface area contributed by atoms with Gasteiger partial charge in [0.15, 0.2) is 5.82 Å². The maximum Gasteiger partial charge on any atom is 0.246 e. The van der Waals surface area contributed by atoms with Crippen LogP contribution in [0.25, 0.3) is 0 Å². The number of nitrogens with zero attached hydrogens (tertiary/aromatic N) is 2. The molecule has 0 amide bonds. The highest BCUT2D eigenvalue weighted by Crippen LogP contribution is 2.21. The van der Waals surface area contributed by atoms with Crippen molar-refractivity contribution in [2.45, 2.75) is 32.6 Å². The van der Waals surface area contributed by atoms with E-state index in [9.17, 15) is 8.42 Å². The average Bonchev–Trinajstić information content (AvgIpc) is 2.37. The molecule has 0 aliphatic heterocycles. The third-order valence-electron chi connectivity index (χ3n) is 2.37. The SMILES string of the molecule is Cc1c(S(=O)(=O)NCC(C)(C)C)c(N)nn1C. The van der Waals surface area contributed by atoms with Crippen LogP contribution in [0.4, 0.5) is 5.82 Å². The van der Waals surface area contributed by atoms with Crippen molar-refractivity contribution in [2.24, 2.45) is 12.5 Å². The summed E-state index contributed by atoms with van der Waals surface area (Å²) in [5.74, 6) is 0.0337. The molecule has 7 heteroatoms. The minimum atomic E-state index is -3.59. The van der Waals surface area contributed by atoms with Gasteiger partial charge in [-0.1, -0.05) is 20.8 Å². The quantitative estimate of drug-likeness (QED) is 0.834. The van der Waals surface area contributed by atoms with Crippen molar-refractivity contribution in [1.29, 1.82) is 0 Å². The van der Waals surface area contributed by atoms with E-state index in [2.05, 4.69) is 9.82 Å². The van der Waals surface area contributed by atoms with E-state index in [0.717, 1.165) is 0 Å². The van der Waals surface area contributed by atoms with Crippen LogP contribution < -0.4 is 10.5 Å². The van der Waals surface area contributed by atoms with E-state index in [1.807, 2.05) is 20.8 Å². The zero-order valence-electron chi connectivity index (χ0n) is 10.9. The predicted octanol–water partition coefficient (Wildman–Crippen LogP) is 0.635. The maximum atomic E-state index is 12.1. The van der Waals surface area contributed by atoms with Crippen LogP contribution in [-0.2, 0) is 17.1 Å². The monoisotopic (exact) mass is 260 g/mol. The van der Waals surface area contributed by atoms with Crippen molar-refractivity contribution in [1.82, 2.24) is 14.5 Å². The van der Waals surface area contributed by atoms with Gasteiger partial charge in [0, 0.05) is 13.6 Å². The Labute approximate surface area is 102 Å². The molecule has 1 rings (SSSR count). The molecule has 6 nitrogen and oxygen atoms in total. The highest BCUT2D eigenvalue weighted by atomic mass is 32.2. The van der Waals surface area contributed by atoms with Crippen LogP contribution in [0.5, 0.6) is 0 Å². The van der Waals surface area contributed by atoms with Crippen LogP contribution in [0.1, 0.15) is 26.5 Å². The summed E-state index contributed by atoms with van der Waals surface area (Å²) in [7, 11) is -1.93. The fraction of sp³-hybridized carbons (Fsp3) is 0.700. The van der Waals surface area contributed by atoms with Gasteiger partial charge in [-0.25, -0.2) is 13.1 Å². The number of aromatic nitrogens is 2. The Hall–Kier alpha value is -1.08. The van der Waals surface area contributed by atoms with Crippen molar-refractivity contribution >= 4 is 15.8 Å². The largest absolute Gasteiger partial charge is 0.381 e. The molecule has 1 heterocycles. The van der Waals surface area contributed by atoms with E-state index in [0.29, 0.717) is 12.2 Å². The van der Waals surface area contributed by atoms with Crippen LogP contribution in [0.2, 0.25) is 0 Å². The molecule has 0 spiro atoms. The smallest absolute Gasteiger partial charge is 0.246 e. The van der Waals surface area contributed by atoms with Crippen molar-refractivity contribution in [3.05, 3.63) is 5.69 Å². The van der Waals surface area contributed by atoms with Gasteiger partial charge in [-0.05, 0) is 12.3 Å². The molecule has 0 aromatic carbocycles. The number of nitrogens with two attached hydrogens (primary N) is 1. The maximum absolute atomic E-state index is 12.1. The van der Waals surface area contributed by atoms with E-state index >= 15 is 0 Å². The van der Waals surface area contributed by atoms with Gasteiger partial charge < -0.3 is 5.73 Å². The zero-order chi connectivity index (χ0) is 13.4. The Balaban J connectivity index is 3.06. The lowest BCUT2D eigenvalue weighted by atomic mass is 9.98. The predicted molar refractivity (Wildman–Crippen MR) is 67.0 cm³/mol. The van der Waals surface area contributed by atoms with E-state index in [-0.39, 0.29) is 16.1 Å². The third kappa shape index (κ3) is 3.19. The summed E-state index contributed by atoms with van der Waals surface area (Å²) in [6.07, 6.45) is 0. The third-order valence-corrected chi connectivity index (χ3v) is 3.93. The Bertz CT molecular complexity index is 511. The number of hydrogen-bond donors (Lipinski definition) is 2. The van der Waals surface area contributed by atoms with Crippen LogP contribution >= 0.6 is 0 Å². The van der Waals surface area contributed by atoms with Crippen LogP contribution in [0.15, 0.2) is 4.90 Å². The molecule has 1 aromatic rings. The summed E-state index contributed by atoms with van der Waals surface area (Å²) in [6, 6.07) is 0. The van der Waals surface area contributed by atoms with E-state index in [1.165, 1.54) is 4.68 Å². The molecule has 0 radical (unpaired) electrons.